The van der Waals surface area contributed by atoms with Gasteiger partial charge in [-0.2, -0.15) is 5.26 Å². The van der Waals surface area contributed by atoms with Crippen LogP contribution >= 0.6 is 0 Å². The van der Waals surface area contributed by atoms with Crippen molar-refractivity contribution in [2.75, 3.05) is 0 Å². The predicted molar refractivity (Wildman–Crippen MR) is 74.3 cm³/mol. The number of amides is 3. The zero-order chi connectivity index (χ0) is 15.2. The summed E-state index contributed by atoms with van der Waals surface area (Å²) in [4.78, 5) is 34.6. The summed E-state index contributed by atoms with van der Waals surface area (Å²) in [6.07, 6.45) is 1.85. The molecule has 1 atom stereocenters. The molecule has 6 heteroatoms. The van der Waals surface area contributed by atoms with E-state index in [1.165, 1.54) is 6.08 Å². The quantitative estimate of drug-likeness (QED) is 0.480. The third-order valence-corrected chi connectivity index (χ3v) is 3.02. The van der Waals surface area contributed by atoms with E-state index in [4.69, 9.17) is 5.26 Å². The lowest BCUT2D eigenvalue weighted by Gasteiger charge is -2.21. The van der Waals surface area contributed by atoms with Crippen LogP contribution in [0.25, 0.3) is 6.08 Å². The van der Waals surface area contributed by atoms with Crippen LogP contribution < -0.4 is 10.6 Å². The van der Waals surface area contributed by atoms with E-state index in [2.05, 4.69) is 10.6 Å². The first kappa shape index (κ1) is 14.5. The monoisotopic (exact) mass is 283 g/mol. The van der Waals surface area contributed by atoms with Gasteiger partial charge in [0.1, 0.15) is 17.7 Å². The Hall–Kier alpha value is -2.94. The second kappa shape index (κ2) is 6.48. The normalized spacial score (nSPS) is 18.6. The lowest BCUT2D eigenvalue weighted by atomic mass is 10.1. The Morgan fingerprint density at radius 3 is 2.67 bits per heavy atom. The third kappa shape index (κ3) is 3.76. The molecule has 3 amide bonds. The molecule has 1 aliphatic rings. The van der Waals surface area contributed by atoms with Gasteiger partial charge in [0.05, 0.1) is 0 Å². The Balaban J connectivity index is 2.08. The molecule has 1 aromatic carbocycles. The van der Waals surface area contributed by atoms with Crippen molar-refractivity contribution in [2.24, 2.45) is 0 Å². The minimum absolute atomic E-state index is 0.0918. The number of hydrogen-bond donors (Lipinski definition) is 2. The van der Waals surface area contributed by atoms with Gasteiger partial charge in [0.25, 0.3) is 5.91 Å². The molecule has 1 aromatic rings. The summed E-state index contributed by atoms with van der Waals surface area (Å²) in [7, 11) is 0. The van der Waals surface area contributed by atoms with E-state index in [0.717, 1.165) is 0 Å². The van der Waals surface area contributed by atoms with Gasteiger partial charge in [-0.1, -0.05) is 30.3 Å². The highest BCUT2D eigenvalue weighted by Gasteiger charge is 2.28. The Kier molecular flexibility index (Phi) is 4.46. The summed E-state index contributed by atoms with van der Waals surface area (Å²) < 4.78 is 0. The summed E-state index contributed by atoms with van der Waals surface area (Å²) in [5, 5.41) is 13.7. The number of carbonyl (C=O) groups excluding carboxylic acids is 3. The predicted octanol–water partition coefficient (Wildman–Crippen LogP) is 0.515. The van der Waals surface area contributed by atoms with Crippen LogP contribution in [0.1, 0.15) is 18.4 Å². The summed E-state index contributed by atoms with van der Waals surface area (Å²) in [5.41, 5.74) is 0.623. The van der Waals surface area contributed by atoms with Crippen LogP contribution in [0.4, 0.5) is 0 Å². The van der Waals surface area contributed by atoms with Crippen molar-refractivity contribution in [1.29, 1.82) is 5.26 Å². The number of imide groups is 1. The molecule has 0 bridgehead atoms. The van der Waals surface area contributed by atoms with Crippen molar-refractivity contribution >= 4 is 23.8 Å². The number of benzene rings is 1. The maximum atomic E-state index is 12.0. The lowest BCUT2D eigenvalue weighted by molar-refractivity contribution is -0.136. The Labute approximate surface area is 121 Å². The van der Waals surface area contributed by atoms with Gasteiger partial charge in [-0.15, -0.1) is 0 Å². The highest BCUT2D eigenvalue weighted by Crippen LogP contribution is 2.09. The second-order valence-electron chi connectivity index (χ2n) is 4.56. The lowest BCUT2D eigenvalue weighted by Crippen LogP contribution is -2.52. The van der Waals surface area contributed by atoms with Crippen LogP contribution in [0.2, 0.25) is 0 Å². The van der Waals surface area contributed by atoms with Crippen molar-refractivity contribution in [1.82, 2.24) is 10.6 Å². The molecule has 0 aliphatic carbocycles. The minimum atomic E-state index is -0.789. The van der Waals surface area contributed by atoms with Gasteiger partial charge in [-0.3, -0.25) is 19.7 Å². The SMILES string of the molecule is N#CC(=Cc1ccccc1)C(=O)NC1CCC(=O)NC1=O. The Bertz CT molecular complexity index is 644. The van der Waals surface area contributed by atoms with Crippen molar-refractivity contribution in [3.05, 3.63) is 41.5 Å². The molecule has 0 aromatic heterocycles. The van der Waals surface area contributed by atoms with Gasteiger partial charge in [-0.25, -0.2) is 0 Å². The maximum absolute atomic E-state index is 12.0. The van der Waals surface area contributed by atoms with E-state index in [1.54, 1.807) is 24.3 Å². The molecule has 1 fully saturated rings. The molecule has 2 rings (SSSR count). The molecule has 1 saturated heterocycles. The van der Waals surface area contributed by atoms with Gasteiger partial charge in [0, 0.05) is 6.42 Å². The number of nitrogens with one attached hydrogen (secondary N) is 2. The Morgan fingerprint density at radius 1 is 1.33 bits per heavy atom. The van der Waals surface area contributed by atoms with Crippen molar-refractivity contribution in [2.45, 2.75) is 18.9 Å². The maximum Gasteiger partial charge on any atom is 0.262 e. The fourth-order valence-electron chi connectivity index (χ4n) is 1.93. The largest absolute Gasteiger partial charge is 0.340 e. The number of piperidine rings is 1. The van der Waals surface area contributed by atoms with Crippen LogP contribution in [0.5, 0.6) is 0 Å². The van der Waals surface area contributed by atoms with Crippen LogP contribution in [0.15, 0.2) is 35.9 Å². The second-order valence-corrected chi connectivity index (χ2v) is 4.56. The van der Waals surface area contributed by atoms with Gasteiger partial charge >= 0.3 is 0 Å². The first-order valence-corrected chi connectivity index (χ1v) is 6.41. The molecule has 21 heavy (non-hydrogen) atoms. The summed E-state index contributed by atoms with van der Waals surface area (Å²) >= 11 is 0. The fraction of sp³-hybridized carbons (Fsp3) is 0.200. The molecular formula is C15H13N3O3. The summed E-state index contributed by atoms with van der Waals surface area (Å²) in [5.74, 6) is -1.53. The molecule has 1 heterocycles. The average molecular weight is 283 g/mol. The van der Waals surface area contributed by atoms with Crippen molar-refractivity contribution in [3.63, 3.8) is 0 Å². The van der Waals surface area contributed by atoms with Gasteiger partial charge in [0.15, 0.2) is 0 Å². The molecule has 106 valence electrons. The highest BCUT2D eigenvalue weighted by molar-refractivity contribution is 6.06. The average Bonchev–Trinajstić information content (AvgIpc) is 2.48. The van der Waals surface area contributed by atoms with E-state index >= 15 is 0 Å². The first-order valence-electron chi connectivity index (χ1n) is 6.41. The van der Waals surface area contributed by atoms with Crippen LogP contribution in [0.3, 0.4) is 0 Å². The van der Waals surface area contributed by atoms with Gasteiger partial charge in [0.2, 0.25) is 11.8 Å². The minimum Gasteiger partial charge on any atom is -0.340 e. The summed E-state index contributed by atoms with van der Waals surface area (Å²) in [6, 6.07) is 9.95. The molecule has 0 spiro atoms. The highest BCUT2D eigenvalue weighted by atomic mass is 16.2. The number of rotatable bonds is 3. The van der Waals surface area contributed by atoms with Crippen LogP contribution in [0, 0.1) is 11.3 Å². The van der Waals surface area contributed by atoms with Crippen molar-refractivity contribution in [3.8, 4) is 6.07 Å². The molecule has 1 aliphatic heterocycles. The van der Waals surface area contributed by atoms with E-state index in [-0.39, 0.29) is 24.3 Å². The third-order valence-electron chi connectivity index (χ3n) is 3.02. The van der Waals surface area contributed by atoms with E-state index < -0.39 is 17.9 Å². The van der Waals surface area contributed by atoms with Gasteiger partial charge in [-0.05, 0) is 18.1 Å². The molecule has 0 saturated carbocycles. The molecule has 2 N–H and O–H groups in total. The number of nitrogens with zero attached hydrogens (tertiary/aromatic N) is 1. The molecular weight excluding hydrogens is 270 g/mol. The number of nitriles is 1. The standard InChI is InChI=1S/C15H13N3O3/c16-9-11(8-10-4-2-1-3-5-10)14(20)17-12-6-7-13(19)18-15(12)21/h1-5,8,12H,6-7H2,(H,17,20)(H,18,19,21). The van der Waals surface area contributed by atoms with E-state index in [9.17, 15) is 14.4 Å². The van der Waals surface area contributed by atoms with E-state index in [1.807, 2.05) is 12.1 Å². The topological polar surface area (TPSA) is 99.1 Å². The zero-order valence-corrected chi connectivity index (χ0v) is 11.1. The summed E-state index contributed by atoms with van der Waals surface area (Å²) in [6.45, 7) is 0. The molecule has 1 unspecified atom stereocenters. The number of hydrogen-bond acceptors (Lipinski definition) is 4. The zero-order valence-electron chi connectivity index (χ0n) is 11.1. The molecule has 6 nitrogen and oxygen atoms in total. The smallest absolute Gasteiger partial charge is 0.262 e. The van der Waals surface area contributed by atoms with Crippen LogP contribution in [-0.2, 0) is 14.4 Å². The fourth-order valence-corrected chi connectivity index (χ4v) is 1.93. The van der Waals surface area contributed by atoms with Crippen LogP contribution in [-0.4, -0.2) is 23.8 Å². The molecule has 0 radical (unpaired) electrons. The van der Waals surface area contributed by atoms with E-state index in [0.29, 0.717) is 5.56 Å². The first-order chi connectivity index (χ1) is 10.1. The Morgan fingerprint density at radius 2 is 2.05 bits per heavy atom. The van der Waals surface area contributed by atoms with Gasteiger partial charge < -0.3 is 5.32 Å². The van der Waals surface area contributed by atoms with Crippen molar-refractivity contribution < 1.29 is 14.4 Å². The number of carbonyl (C=O) groups is 3.